The summed E-state index contributed by atoms with van der Waals surface area (Å²) in [6.07, 6.45) is 3.97. The normalized spacial score (nSPS) is 17.5. The minimum Gasteiger partial charge on any atom is -0.480 e. The molecule has 1 aliphatic carbocycles. The minimum atomic E-state index is -1.16. The standard InChI is InChI=1S/C23H37N5O7/c24-15-9-7-13-12(4-3-6-17(26)22(32)33)14(8-10-18(27)23(34)35)20(29)28(19(13)15)11-2-1-5-16(25)21(30)31/h15-18H,1-11,24-27H2,(H,30,31)(H,32,33)(H,34,35). The third-order valence-corrected chi connectivity index (χ3v) is 6.63. The first-order chi connectivity index (χ1) is 16.5. The van der Waals surface area contributed by atoms with Gasteiger partial charge in [-0.3, -0.25) is 19.2 Å². The quantitative estimate of drug-likeness (QED) is 0.152. The van der Waals surface area contributed by atoms with Gasteiger partial charge in [-0.1, -0.05) is 0 Å². The molecule has 0 amide bonds. The number of fused-ring (bicyclic) bond motifs is 1. The molecule has 0 radical (unpaired) electrons. The zero-order chi connectivity index (χ0) is 26.3. The lowest BCUT2D eigenvalue weighted by Crippen LogP contribution is -2.35. The molecular formula is C23H37N5O7. The second-order valence-corrected chi connectivity index (χ2v) is 9.18. The van der Waals surface area contributed by atoms with Crippen molar-refractivity contribution in [3.05, 3.63) is 32.7 Å². The van der Waals surface area contributed by atoms with E-state index in [-0.39, 0.29) is 37.3 Å². The lowest BCUT2D eigenvalue weighted by Gasteiger charge is -2.22. The molecule has 1 aliphatic rings. The van der Waals surface area contributed by atoms with Crippen molar-refractivity contribution in [3.63, 3.8) is 0 Å². The van der Waals surface area contributed by atoms with E-state index >= 15 is 0 Å². The molecule has 4 atom stereocenters. The van der Waals surface area contributed by atoms with E-state index in [0.717, 1.165) is 16.8 Å². The molecule has 1 aromatic rings. The first-order valence-corrected chi connectivity index (χ1v) is 11.9. The Morgan fingerprint density at radius 3 is 1.94 bits per heavy atom. The van der Waals surface area contributed by atoms with Crippen molar-refractivity contribution in [3.8, 4) is 0 Å². The predicted molar refractivity (Wildman–Crippen MR) is 128 cm³/mol. The highest BCUT2D eigenvalue weighted by Crippen LogP contribution is 2.33. The van der Waals surface area contributed by atoms with Gasteiger partial charge in [0.1, 0.15) is 18.1 Å². The van der Waals surface area contributed by atoms with Crippen LogP contribution in [0.25, 0.3) is 0 Å². The van der Waals surface area contributed by atoms with Crippen LogP contribution < -0.4 is 28.5 Å². The Bertz CT molecular complexity index is 993. The van der Waals surface area contributed by atoms with Crippen LogP contribution in [-0.2, 0) is 40.2 Å². The summed E-state index contributed by atoms with van der Waals surface area (Å²) in [5.74, 6) is -3.32. The maximum absolute atomic E-state index is 13.6. The summed E-state index contributed by atoms with van der Waals surface area (Å²) in [6, 6.07) is -3.43. The minimum absolute atomic E-state index is 0.0739. The van der Waals surface area contributed by atoms with Gasteiger partial charge in [0.15, 0.2) is 0 Å². The molecular weight excluding hydrogens is 458 g/mol. The Morgan fingerprint density at radius 1 is 0.829 bits per heavy atom. The SMILES string of the molecule is NC(CCCCn1c2c(c(CCCC(N)C(=O)O)c(CCC(N)C(=O)O)c1=O)CCC2N)C(=O)O. The smallest absolute Gasteiger partial charge is 0.320 e. The zero-order valence-electron chi connectivity index (χ0n) is 19.8. The first-order valence-electron chi connectivity index (χ1n) is 11.9. The molecule has 4 unspecified atom stereocenters. The molecule has 0 bridgehead atoms. The number of aliphatic carboxylic acids is 3. The van der Waals surface area contributed by atoms with E-state index in [1.165, 1.54) is 0 Å². The van der Waals surface area contributed by atoms with Crippen LogP contribution in [0.15, 0.2) is 4.79 Å². The first kappa shape index (κ1) is 28.4. The van der Waals surface area contributed by atoms with Gasteiger partial charge in [0.2, 0.25) is 0 Å². The van der Waals surface area contributed by atoms with Gasteiger partial charge in [-0.2, -0.15) is 0 Å². The monoisotopic (exact) mass is 495 g/mol. The number of carboxylic acids is 3. The summed E-state index contributed by atoms with van der Waals surface area (Å²) < 4.78 is 1.63. The van der Waals surface area contributed by atoms with Gasteiger partial charge in [0.25, 0.3) is 5.56 Å². The van der Waals surface area contributed by atoms with Crippen molar-refractivity contribution in [2.75, 3.05) is 0 Å². The van der Waals surface area contributed by atoms with Crippen LogP contribution in [0.2, 0.25) is 0 Å². The molecule has 12 nitrogen and oxygen atoms in total. The van der Waals surface area contributed by atoms with Crippen molar-refractivity contribution in [1.29, 1.82) is 0 Å². The highest BCUT2D eigenvalue weighted by Gasteiger charge is 2.30. The lowest BCUT2D eigenvalue weighted by molar-refractivity contribution is -0.139. The molecule has 1 aromatic heterocycles. The van der Waals surface area contributed by atoms with E-state index in [9.17, 15) is 24.3 Å². The number of pyridine rings is 1. The summed E-state index contributed by atoms with van der Waals surface area (Å²) >= 11 is 0. The Labute approximate surface area is 203 Å². The number of unbranched alkanes of at least 4 members (excludes halogenated alkanes) is 1. The number of hydrogen-bond acceptors (Lipinski definition) is 8. The van der Waals surface area contributed by atoms with Gasteiger partial charge in [0, 0.05) is 23.8 Å². The summed E-state index contributed by atoms with van der Waals surface area (Å²) in [5, 5.41) is 27.2. The molecule has 1 heterocycles. The molecule has 12 heteroatoms. The number of nitrogens with zero attached hydrogens (tertiary/aromatic N) is 1. The van der Waals surface area contributed by atoms with Crippen LogP contribution in [0.4, 0.5) is 0 Å². The molecule has 0 aliphatic heterocycles. The van der Waals surface area contributed by atoms with E-state index in [2.05, 4.69) is 0 Å². The second kappa shape index (κ2) is 12.8. The van der Waals surface area contributed by atoms with Crippen molar-refractivity contribution in [1.82, 2.24) is 4.57 Å². The average molecular weight is 496 g/mol. The number of carboxylic acid groups (broad SMARTS) is 3. The predicted octanol–water partition coefficient (Wildman–Crippen LogP) is -0.544. The Kier molecular flexibility index (Phi) is 10.4. The van der Waals surface area contributed by atoms with E-state index in [4.69, 9.17) is 33.1 Å². The van der Waals surface area contributed by atoms with Crippen LogP contribution in [0.3, 0.4) is 0 Å². The van der Waals surface area contributed by atoms with Crippen LogP contribution in [0, 0.1) is 0 Å². The fourth-order valence-electron chi connectivity index (χ4n) is 4.63. The van der Waals surface area contributed by atoms with E-state index in [1.54, 1.807) is 4.57 Å². The summed E-state index contributed by atoms with van der Waals surface area (Å²) in [7, 11) is 0. The second-order valence-electron chi connectivity index (χ2n) is 9.18. The van der Waals surface area contributed by atoms with Gasteiger partial charge in [0.05, 0.1) is 0 Å². The van der Waals surface area contributed by atoms with Crippen molar-refractivity contribution in [2.24, 2.45) is 22.9 Å². The molecule has 0 saturated carbocycles. The van der Waals surface area contributed by atoms with Crippen molar-refractivity contribution >= 4 is 17.9 Å². The number of rotatable bonds is 15. The Morgan fingerprint density at radius 2 is 1.37 bits per heavy atom. The number of hydrogen-bond donors (Lipinski definition) is 7. The molecule has 2 rings (SSSR count). The zero-order valence-corrected chi connectivity index (χ0v) is 19.8. The van der Waals surface area contributed by atoms with E-state index in [0.29, 0.717) is 50.6 Å². The van der Waals surface area contributed by atoms with Gasteiger partial charge in [-0.25, -0.2) is 0 Å². The summed E-state index contributed by atoms with van der Waals surface area (Å²) in [5.41, 5.74) is 25.9. The molecule has 0 aromatic carbocycles. The molecule has 196 valence electrons. The lowest BCUT2D eigenvalue weighted by atomic mass is 9.92. The van der Waals surface area contributed by atoms with Crippen LogP contribution in [0.5, 0.6) is 0 Å². The number of carbonyl (C=O) groups is 3. The molecule has 0 spiro atoms. The Balaban J connectivity index is 2.37. The third-order valence-electron chi connectivity index (χ3n) is 6.63. The average Bonchev–Trinajstić information content (AvgIpc) is 3.17. The van der Waals surface area contributed by atoms with E-state index in [1.807, 2.05) is 0 Å². The number of nitrogens with two attached hydrogens (primary N) is 4. The molecule has 11 N–H and O–H groups in total. The summed E-state index contributed by atoms with van der Waals surface area (Å²) in [4.78, 5) is 46.9. The molecule has 0 fully saturated rings. The van der Waals surface area contributed by atoms with E-state index < -0.39 is 36.0 Å². The van der Waals surface area contributed by atoms with Gasteiger partial charge < -0.3 is 42.8 Å². The fraction of sp³-hybridized carbons (Fsp3) is 0.652. The maximum Gasteiger partial charge on any atom is 0.320 e. The maximum atomic E-state index is 13.6. The summed E-state index contributed by atoms with van der Waals surface area (Å²) in [6.45, 7) is 0.337. The Hall–Kier alpha value is -2.80. The number of aromatic nitrogens is 1. The van der Waals surface area contributed by atoms with Crippen molar-refractivity contribution < 1.29 is 29.7 Å². The third kappa shape index (κ3) is 7.34. The van der Waals surface area contributed by atoms with Crippen LogP contribution in [-0.4, -0.2) is 55.9 Å². The van der Waals surface area contributed by atoms with Crippen molar-refractivity contribution in [2.45, 2.75) is 94.9 Å². The van der Waals surface area contributed by atoms with Crippen LogP contribution in [0.1, 0.15) is 73.4 Å². The van der Waals surface area contributed by atoms with Gasteiger partial charge in [-0.05, 0) is 75.3 Å². The topological polar surface area (TPSA) is 238 Å². The highest BCUT2D eigenvalue weighted by molar-refractivity contribution is 5.73. The molecule has 35 heavy (non-hydrogen) atoms. The fourth-order valence-corrected chi connectivity index (χ4v) is 4.63. The molecule has 0 saturated heterocycles. The van der Waals surface area contributed by atoms with Gasteiger partial charge in [-0.15, -0.1) is 0 Å². The highest BCUT2D eigenvalue weighted by atomic mass is 16.4. The van der Waals surface area contributed by atoms with Crippen LogP contribution >= 0.6 is 0 Å². The largest absolute Gasteiger partial charge is 0.480 e. The van der Waals surface area contributed by atoms with Gasteiger partial charge >= 0.3 is 17.9 Å².